The Balaban J connectivity index is 2.19. The highest BCUT2D eigenvalue weighted by Gasteiger charge is 2.00. The predicted molar refractivity (Wildman–Crippen MR) is 74.4 cm³/mol. The van der Waals surface area contributed by atoms with E-state index < -0.39 is 0 Å². The van der Waals surface area contributed by atoms with Crippen LogP contribution in [0.25, 0.3) is 0 Å². The zero-order valence-corrected chi connectivity index (χ0v) is 11.9. The molecule has 0 fully saturated rings. The van der Waals surface area contributed by atoms with Crippen molar-refractivity contribution in [2.75, 3.05) is 19.3 Å². The van der Waals surface area contributed by atoms with Gasteiger partial charge in [-0.05, 0) is 28.1 Å². The van der Waals surface area contributed by atoms with Crippen LogP contribution in [0.2, 0.25) is 0 Å². The minimum atomic E-state index is 0.379. The van der Waals surface area contributed by atoms with Gasteiger partial charge in [0.1, 0.15) is 0 Å². The average Bonchev–Trinajstić information content (AvgIpc) is 2.36. The number of aromatic nitrogens is 1. The van der Waals surface area contributed by atoms with Gasteiger partial charge in [-0.1, -0.05) is 0 Å². The summed E-state index contributed by atoms with van der Waals surface area (Å²) in [5, 5.41) is 11.6. The molecular weight excluding hydrogens is 304 g/mol. The quantitative estimate of drug-likeness (QED) is 0.333. The third-order valence-electron chi connectivity index (χ3n) is 1.94. The maximum atomic E-state index is 8.63. The number of nitrogens with one attached hydrogen (secondary N) is 2. The summed E-state index contributed by atoms with van der Waals surface area (Å²) in [5.41, 5.74) is 3.02. The lowest BCUT2D eigenvalue weighted by Gasteiger charge is -2.07. The Morgan fingerprint density at radius 1 is 1.65 bits per heavy atom. The number of pyridine rings is 1. The summed E-state index contributed by atoms with van der Waals surface area (Å²) < 4.78 is 1.04. The number of rotatable bonds is 5. The number of hydroxylamine groups is 1. The molecule has 94 valence electrons. The summed E-state index contributed by atoms with van der Waals surface area (Å²) in [4.78, 5) is 8.07. The van der Waals surface area contributed by atoms with Gasteiger partial charge < -0.3 is 5.32 Å². The number of hydrogen-bond acceptors (Lipinski definition) is 4. The largest absolute Gasteiger partial charge is 0.354 e. The van der Waals surface area contributed by atoms with Crippen LogP contribution in [0.15, 0.2) is 27.8 Å². The van der Waals surface area contributed by atoms with Crippen LogP contribution in [-0.2, 0) is 5.75 Å². The predicted octanol–water partition coefficient (Wildman–Crippen LogP) is 1.63. The summed E-state index contributed by atoms with van der Waals surface area (Å²) in [7, 11) is 1.60. The molecule has 0 aromatic carbocycles. The fraction of sp³-hybridized carbons (Fsp3) is 0.400. The van der Waals surface area contributed by atoms with Crippen molar-refractivity contribution in [2.45, 2.75) is 5.75 Å². The molecule has 5 nitrogen and oxygen atoms in total. The molecule has 1 rings (SSSR count). The Bertz CT molecular complexity index is 375. The molecule has 0 bridgehead atoms. The van der Waals surface area contributed by atoms with Crippen LogP contribution in [0.3, 0.4) is 0 Å². The minimum Gasteiger partial charge on any atom is -0.354 e. The van der Waals surface area contributed by atoms with E-state index in [2.05, 4.69) is 31.2 Å². The molecule has 0 amide bonds. The van der Waals surface area contributed by atoms with Crippen molar-refractivity contribution in [3.63, 3.8) is 0 Å². The highest BCUT2D eigenvalue weighted by Crippen LogP contribution is 2.18. The van der Waals surface area contributed by atoms with Crippen LogP contribution < -0.4 is 10.8 Å². The molecule has 0 aliphatic rings. The van der Waals surface area contributed by atoms with E-state index in [1.54, 1.807) is 25.0 Å². The minimum absolute atomic E-state index is 0.379. The first-order valence-electron chi connectivity index (χ1n) is 5.06. The second kappa shape index (κ2) is 8.32. The molecule has 7 heteroatoms. The highest BCUT2D eigenvalue weighted by molar-refractivity contribution is 9.10. The Morgan fingerprint density at radius 2 is 2.47 bits per heavy atom. The van der Waals surface area contributed by atoms with E-state index in [0.29, 0.717) is 5.96 Å². The van der Waals surface area contributed by atoms with E-state index in [0.717, 1.165) is 28.2 Å². The van der Waals surface area contributed by atoms with E-state index in [1.165, 1.54) is 0 Å². The SMILES string of the molecule is CN=C(NO)NCCSCc1ncccc1Br. The van der Waals surface area contributed by atoms with Gasteiger partial charge in [-0.15, -0.1) is 0 Å². The second-order valence-corrected chi connectivity index (χ2v) is 5.05. The number of hydrogen-bond donors (Lipinski definition) is 3. The fourth-order valence-electron chi connectivity index (χ4n) is 1.10. The molecule has 1 heterocycles. The lowest BCUT2D eigenvalue weighted by Crippen LogP contribution is -2.36. The van der Waals surface area contributed by atoms with Gasteiger partial charge in [0.25, 0.3) is 0 Å². The molecule has 3 N–H and O–H groups in total. The number of halogens is 1. The molecule has 0 spiro atoms. The average molecular weight is 319 g/mol. The molecule has 1 aromatic heterocycles. The van der Waals surface area contributed by atoms with Crippen LogP contribution in [0.4, 0.5) is 0 Å². The zero-order valence-electron chi connectivity index (χ0n) is 9.48. The molecule has 0 aliphatic heterocycles. The van der Waals surface area contributed by atoms with Gasteiger partial charge in [0.2, 0.25) is 5.96 Å². The van der Waals surface area contributed by atoms with E-state index in [-0.39, 0.29) is 0 Å². The Hall–Kier alpha value is -0.790. The van der Waals surface area contributed by atoms with Gasteiger partial charge in [0.05, 0.1) is 5.69 Å². The van der Waals surface area contributed by atoms with Crippen molar-refractivity contribution in [1.82, 2.24) is 15.8 Å². The lowest BCUT2D eigenvalue weighted by atomic mass is 10.4. The first-order valence-corrected chi connectivity index (χ1v) is 7.00. The third kappa shape index (κ3) is 5.38. The Morgan fingerprint density at radius 3 is 3.12 bits per heavy atom. The van der Waals surface area contributed by atoms with Crippen LogP contribution in [0.5, 0.6) is 0 Å². The van der Waals surface area contributed by atoms with E-state index in [9.17, 15) is 0 Å². The van der Waals surface area contributed by atoms with Crippen molar-refractivity contribution in [3.05, 3.63) is 28.5 Å². The third-order valence-corrected chi connectivity index (χ3v) is 3.63. The van der Waals surface area contributed by atoms with Crippen LogP contribution in [0, 0.1) is 0 Å². The fourth-order valence-corrected chi connectivity index (χ4v) is 2.50. The first-order chi connectivity index (χ1) is 8.27. The molecular formula is C10H15BrN4OS. The van der Waals surface area contributed by atoms with Gasteiger partial charge >= 0.3 is 0 Å². The monoisotopic (exact) mass is 318 g/mol. The van der Waals surface area contributed by atoms with Crippen molar-refractivity contribution >= 4 is 33.7 Å². The topological polar surface area (TPSA) is 69.5 Å². The van der Waals surface area contributed by atoms with Gasteiger partial charge in [-0.2, -0.15) is 11.8 Å². The van der Waals surface area contributed by atoms with Gasteiger partial charge in [-0.25, -0.2) is 5.48 Å². The molecule has 0 radical (unpaired) electrons. The molecule has 0 saturated heterocycles. The maximum absolute atomic E-state index is 8.63. The molecule has 1 aromatic rings. The summed E-state index contributed by atoms with van der Waals surface area (Å²) in [6, 6.07) is 3.88. The van der Waals surface area contributed by atoms with E-state index >= 15 is 0 Å². The number of guanidine groups is 1. The lowest BCUT2D eigenvalue weighted by molar-refractivity contribution is 0.229. The molecule has 17 heavy (non-hydrogen) atoms. The Labute approximate surface area is 113 Å². The summed E-state index contributed by atoms with van der Waals surface area (Å²) in [6.07, 6.45) is 1.79. The smallest absolute Gasteiger partial charge is 0.215 e. The normalized spacial score (nSPS) is 11.4. The zero-order chi connectivity index (χ0) is 12.5. The number of aliphatic imine (C=N–C) groups is 1. The van der Waals surface area contributed by atoms with Crippen molar-refractivity contribution in [2.24, 2.45) is 4.99 Å². The second-order valence-electron chi connectivity index (χ2n) is 3.10. The van der Waals surface area contributed by atoms with Gasteiger partial charge in [0, 0.05) is 35.8 Å². The number of nitrogens with zero attached hydrogens (tertiary/aromatic N) is 2. The molecule has 0 atom stereocenters. The van der Waals surface area contributed by atoms with E-state index in [1.807, 2.05) is 17.6 Å². The maximum Gasteiger partial charge on any atom is 0.215 e. The summed E-state index contributed by atoms with van der Waals surface area (Å²) in [6.45, 7) is 0.732. The van der Waals surface area contributed by atoms with Crippen molar-refractivity contribution in [1.29, 1.82) is 0 Å². The number of thioether (sulfide) groups is 1. The summed E-state index contributed by atoms with van der Waals surface area (Å²) in [5.74, 6) is 2.14. The van der Waals surface area contributed by atoms with E-state index in [4.69, 9.17) is 5.21 Å². The highest BCUT2D eigenvalue weighted by atomic mass is 79.9. The molecule has 0 aliphatic carbocycles. The summed E-state index contributed by atoms with van der Waals surface area (Å²) >= 11 is 5.22. The molecule has 0 saturated carbocycles. The van der Waals surface area contributed by atoms with Crippen LogP contribution in [0.1, 0.15) is 5.69 Å². The van der Waals surface area contributed by atoms with Gasteiger partial charge in [0.15, 0.2) is 0 Å². The first kappa shape index (κ1) is 14.3. The van der Waals surface area contributed by atoms with Crippen molar-refractivity contribution in [3.8, 4) is 0 Å². The Kier molecular flexibility index (Phi) is 6.99. The van der Waals surface area contributed by atoms with Gasteiger partial charge in [-0.3, -0.25) is 15.2 Å². The van der Waals surface area contributed by atoms with Crippen molar-refractivity contribution < 1.29 is 5.21 Å². The van der Waals surface area contributed by atoms with Crippen LogP contribution in [-0.4, -0.2) is 35.5 Å². The molecule has 0 unspecified atom stereocenters. The standard InChI is InChI=1S/C10H15BrN4OS/c1-12-10(15-16)14-5-6-17-7-9-8(11)3-2-4-13-9/h2-4,16H,5-7H2,1H3,(H2,12,14,15). The van der Waals surface area contributed by atoms with Crippen LogP contribution >= 0.6 is 27.7 Å².